The van der Waals surface area contributed by atoms with E-state index in [1.807, 2.05) is 0 Å². The van der Waals surface area contributed by atoms with E-state index in [1.165, 1.54) is 28.8 Å². The number of hydrogen-bond acceptors (Lipinski definition) is 8. The summed E-state index contributed by atoms with van der Waals surface area (Å²) < 4.78 is 19.5. The molecular formula is C29H22FN3O4S2. The summed E-state index contributed by atoms with van der Waals surface area (Å²) in [4.78, 5) is 28.0. The van der Waals surface area contributed by atoms with Crippen LogP contribution >= 0.6 is 23.1 Å². The lowest BCUT2D eigenvalue weighted by atomic mass is 9.95. The lowest BCUT2D eigenvalue weighted by Gasteiger charge is -2.23. The van der Waals surface area contributed by atoms with E-state index in [-0.39, 0.29) is 28.9 Å². The average molecular weight is 560 g/mol. The highest BCUT2D eigenvalue weighted by atomic mass is 32.2. The van der Waals surface area contributed by atoms with Crippen molar-refractivity contribution in [2.75, 3.05) is 11.5 Å². The maximum Gasteiger partial charge on any atom is 0.301 e. The van der Waals surface area contributed by atoms with E-state index in [0.717, 1.165) is 16.9 Å². The molecule has 0 aliphatic carbocycles. The number of aliphatic hydroxyl groups excluding tert-OH is 1. The molecule has 1 amide bonds. The number of anilines is 1. The van der Waals surface area contributed by atoms with Crippen LogP contribution in [0.15, 0.2) is 101 Å². The number of halogens is 1. The molecule has 4 aromatic rings. The molecule has 1 aromatic heterocycles. The highest BCUT2D eigenvalue weighted by molar-refractivity contribution is 8.00. The van der Waals surface area contributed by atoms with E-state index in [4.69, 9.17) is 4.74 Å². The summed E-state index contributed by atoms with van der Waals surface area (Å²) in [6.07, 6.45) is 1.61. The minimum Gasteiger partial charge on any atom is -0.507 e. The maximum atomic E-state index is 13.4. The highest BCUT2D eigenvalue weighted by Crippen LogP contribution is 2.44. The fourth-order valence-corrected chi connectivity index (χ4v) is 5.93. The Kier molecular flexibility index (Phi) is 7.85. The molecule has 0 radical (unpaired) electrons. The van der Waals surface area contributed by atoms with Crippen molar-refractivity contribution in [3.8, 4) is 5.75 Å². The van der Waals surface area contributed by atoms with Gasteiger partial charge < -0.3 is 9.84 Å². The predicted molar refractivity (Wildman–Crippen MR) is 149 cm³/mol. The predicted octanol–water partition coefficient (Wildman–Crippen LogP) is 6.16. The van der Waals surface area contributed by atoms with Crippen molar-refractivity contribution in [1.29, 1.82) is 0 Å². The zero-order valence-electron chi connectivity index (χ0n) is 20.5. The third-order valence-electron chi connectivity index (χ3n) is 5.91. The molecule has 196 valence electrons. The number of Topliss-reactive ketones (excluding diaryl/α,β-unsaturated/α-hetero) is 1. The van der Waals surface area contributed by atoms with Gasteiger partial charge in [-0.05, 0) is 35.4 Å². The SMILES string of the molecule is C=CCOc1cccc(C2/C(=C(\O)c3ccccc3)C(=O)C(=O)N2c2nnc(SCc3ccc(F)cc3)s2)c1. The lowest BCUT2D eigenvalue weighted by Crippen LogP contribution is -2.29. The molecule has 1 saturated heterocycles. The second kappa shape index (κ2) is 11.6. The number of benzene rings is 3. The molecule has 7 nitrogen and oxygen atoms in total. The van der Waals surface area contributed by atoms with Crippen LogP contribution in [0.3, 0.4) is 0 Å². The van der Waals surface area contributed by atoms with Crippen LogP contribution in [0.4, 0.5) is 9.52 Å². The Bertz CT molecular complexity index is 1550. The van der Waals surface area contributed by atoms with Gasteiger partial charge >= 0.3 is 5.91 Å². The summed E-state index contributed by atoms with van der Waals surface area (Å²) in [5, 5.41) is 19.9. The van der Waals surface area contributed by atoms with E-state index in [9.17, 15) is 19.1 Å². The Morgan fingerprint density at radius 2 is 1.85 bits per heavy atom. The van der Waals surface area contributed by atoms with Gasteiger partial charge in [0, 0.05) is 11.3 Å². The molecule has 0 saturated carbocycles. The third kappa shape index (κ3) is 5.62. The fraction of sp³-hybridized carbons (Fsp3) is 0.103. The van der Waals surface area contributed by atoms with E-state index in [0.29, 0.717) is 27.0 Å². The van der Waals surface area contributed by atoms with Gasteiger partial charge in [0.25, 0.3) is 5.78 Å². The van der Waals surface area contributed by atoms with Crippen molar-refractivity contribution in [3.63, 3.8) is 0 Å². The number of aromatic nitrogens is 2. The molecule has 0 spiro atoms. The second-order valence-corrected chi connectivity index (χ2v) is 10.7. The summed E-state index contributed by atoms with van der Waals surface area (Å²) in [5.74, 6) is -1.20. The van der Waals surface area contributed by atoms with E-state index < -0.39 is 17.7 Å². The van der Waals surface area contributed by atoms with Crippen LogP contribution in [0.2, 0.25) is 0 Å². The van der Waals surface area contributed by atoms with Crippen molar-refractivity contribution >= 4 is 45.7 Å². The molecule has 10 heteroatoms. The Morgan fingerprint density at radius 3 is 2.59 bits per heavy atom. The van der Waals surface area contributed by atoms with Crippen LogP contribution in [0.5, 0.6) is 5.75 Å². The highest BCUT2D eigenvalue weighted by Gasteiger charge is 2.48. The molecule has 3 aromatic carbocycles. The van der Waals surface area contributed by atoms with E-state index in [1.54, 1.807) is 72.8 Å². The topological polar surface area (TPSA) is 92.6 Å². The van der Waals surface area contributed by atoms with Crippen molar-refractivity contribution < 1.29 is 23.8 Å². The van der Waals surface area contributed by atoms with Gasteiger partial charge in [0.15, 0.2) is 4.34 Å². The lowest BCUT2D eigenvalue weighted by molar-refractivity contribution is -0.132. The summed E-state index contributed by atoms with van der Waals surface area (Å²) in [6, 6.07) is 20.8. The van der Waals surface area contributed by atoms with Crippen LogP contribution in [-0.4, -0.2) is 33.6 Å². The van der Waals surface area contributed by atoms with Gasteiger partial charge in [0.05, 0.1) is 11.6 Å². The molecule has 1 fully saturated rings. The molecular weight excluding hydrogens is 537 g/mol. The maximum absolute atomic E-state index is 13.4. The van der Waals surface area contributed by atoms with E-state index in [2.05, 4.69) is 16.8 Å². The number of nitrogens with zero attached hydrogens (tertiary/aromatic N) is 3. The fourth-order valence-electron chi connectivity index (χ4n) is 4.11. The van der Waals surface area contributed by atoms with Crippen molar-refractivity contribution in [2.24, 2.45) is 0 Å². The van der Waals surface area contributed by atoms with Crippen LogP contribution in [0.1, 0.15) is 22.7 Å². The monoisotopic (exact) mass is 559 g/mol. The first kappa shape index (κ1) is 26.3. The minimum absolute atomic E-state index is 0.0530. The first-order chi connectivity index (χ1) is 19.0. The van der Waals surface area contributed by atoms with Crippen LogP contribution in [0.25, 0.3) is 5.76 Å². The quantitative estimate of drug-likeness (QED) is 0.0656. The molecule has 1 aliphatic rings. The minimum atomic E-state index is -0.958. The van der Waals surface area contributed by atoms with Crippen molar-refractivity contribution in [3.05, 3.63) is 120 Å². The van der Waals surface area contributed by atoms with Gasteiger partial charge in [-0.15, -0.1) is 10.2 Å². The number of amides is 1. The first-order valence-corrected chi connectivity index (χ1v) is 13.7. The summed E-state index contributed by atoms with van der Waals surface area (Å²) in [5.41, 5.74) is 1.82. The van der Waals surface area contributed by atoms with Gasteiger partial charge in [-0.2, -0.15) is 0 Å². The van der Waals surface area contributed by atoms with E-state index >= 15 is 0 Å². The van der Waals surface area contributed by atoms with Gasteiger partial charge in [0.2, 0.25) is 5.13 Å². The third-order valence-corrected chi connectivity index (χ3v) is 8.04. The van der Waals surface area contributed by atoms with Gasteiger partial charge in [-0.1, -0.05) is 90.4 Å². The zero-order valence-corrected chi connectivity index (χ0v) is 22.1. The number of hydrogen-bond donors (Lipinski definition) is 1. The summed E-state index contributed by atoms with van der Waals surface area (Å²) in [7, 11) is 0. The number of ketones is 1. The first-order valence-electron chi connectivity index (χ1n) is 11.9. The largest absolute Gasteiger partial charge is 0.507 e. The van der Waals surface area contributed by atoms with Crippen LogP contribution < -0.4 is 9.64 Å². The van der Waals surface area contributed by atoms with Gasteiger partial charge in [-0.3, -0.25) is 14.5 Å². The molecule has 1 unspecified atom stereocenters. The molecule has 39 heavy (non-hydrogen) atoms. The summed E-state index contributed by atoms with van der Waals surface area (Å²) in [6.45, 7) is 3.94. The van der Waals surface area contributed by atoms with Gasteiger partial charge in [0.1, 0.15) is 23.9 Å². The second-order valence-electron chi connectivity index (χ2n) is 8.47. The molecule has 5 rings (SSSR count). The Morgan fingerprint density at radius 1 is 1.08 bits per heavy atom. The Hall–Kier alpha value is -4.28. The average Bonchev–Trinajstić information content (AvgIpc) is 3.53. The number of aliphatic hydroxyl groups is 1. The number of rotatable bonds is 9. The Balaban J connectivity index is 1.54. The smallest absolute Gasteiger partial charge is 0.301 e. The number of thioether (sulfide) groups is 1. The normalized spacial score (nSPS) is 16.4. The van der Waals surface area contributed by atoms with Crippen molar-refractivity contribution in [1.82, 2.24) is 10.2 Å². The molecule has 1 N–H and O–H groups in total. The molecule has 1 aliphatic heterocycles. The summed E-state index contributed by atoms with van der Waals surface area (Å²) >= 11 is 2.54. The van der Waals surface area contributed by atoms with Crippen LogP contribution in [-0.2, 0) is 15.3 Å². The number of carbonyl (C=O) groups excluding carboxylic acids is 2. The number of ether oxygens (including phenoxy) is 1. The molecule has 0 bridgehead atoms. The molecule has 2 heterocycles. The standard InChI is InChI=1S/C29H22FN3O4S2/c1-2-15-37-22-10-6-9-20(16-22)24-23(25(34)19-7-4-3-5-8-19)26(35)27(36)33(24)28-31-32-29(39-28)38-17-18-11-13-21(30)14-12-18/h2-14,16,24,34H,1,15,17H2/b25-23+. The van der Waals surface area contributed by atoms with Crippen LogP contribution in [0, 0.1) is 5.82 Å². The number of carbonyl (C=O) groups is 2. The van der Waals surface area contributed by atoms with Gasteiger partial charge in [-0.25, -0.2) is 4.39 Å². The molecule has 1 atom stereocenters. The van der Waals surface area contributed by atoms with Crippen molar-refractivity contribution in [2.45, 2.75) is 16.1 Å². The zero-order chi connectivity index (χ0) is 27.4. The Labute approximate surface area is 232 Å².